The summed E-state index contributed by atoms with van der Waals surface area (Å²) in [6.07, 6.45) is 4.21. The molecule has 0 spiro atoms. The number of furan rings is 1. The number of nitrogens with one attached hydrogen (secondary N) is 1. The number of hydrogen-bond acceptors (Lipinski definition) is 3. The second kappa shape index (κ2) is 7.45. The van der Waals surface area contributed by atoms with Gasteiger partial charge in [0.1, 0.15) is 11.3 Å². The second-order valence-corrected chi connectivity index (χ2v) is 11.0. The van der Waals surface area contributed by atoms with Crippen LogP contribution in [0.15, 0.2) is 45.7 Å². The highest BCUT2D eigenvalue weighted by molar-refractivity contribution is 7.92. The maximum atomic E-state index is 12.9. The van der Waals surface area contributed by atoms with Gasteiger partial charge < -0.3 is 4.42 Å². The molecule has 4 nitrogen and oxygen atoms in total. The highest BCUT2D eigenvalue weighted by Crippen LogP contribution is 2.43. The molecule has 160 valence electrons. The maximum Gasteiger partial charge on any atom is 0.261 e. The molecule has 1 atom stereocenters. The summed E-state index contributed by atoms with van der Waals surface area (Å²) in [6.45, 7) is 10.8. The quantitative estimate of drug-likeness (QED) is 0.515. The van der Waals surface area contributed by atoms with Crippen molar-refractivity contribution in [2.75, 3.05) is 4.72 Å². The Bertz CT molecular complexity index is 1190. The predicted octanol–water partition coefficient (Wildman–Crippen LogP) is 6.39. The van der Waals surface area contributed by atoms with Crippen LogP contribution in [0.5, 0.6) is 0 Å². The molecule has 1 aliphatic carbocycles. The number of fused-ring (bicyclic) bond motifs is 3. The van der Waals surface area contributed by atoms with Crippen molar-refractivity contribution < 1.29 is 12.8 Å². The van der Waals surface area contributed by atoms with Crippen molar-refractivity contribution in [2.45, 2.75) is 65.2 Å². The molecule has 0 aliphatic heterocycles. The molecule has 30 heavy (non-hydrogen) atoms. The maximum absolute atomic E-state index is 12.9. The fraction of sp³-hybridized carbons (Fsp3) is 0.440. The summed E-state index contributed by atoms with van der Waals surface area (Å²) in [5, 5.41) is 1.04. The highest BCUT2D eigenvalue weighted by Gasteiger charge is 2.33. The van der Waals surface area contributed by atoms with Crippen LogP contribution in [-0.4, -0.2) is 8.42 Å². The van der Waals surface area contributed by atoms with E-state index in [1.807, 2.05) is 38.1 Å². The highest BCUT2D eigenvalue weighted by atomic mass is 32.2. The van der Waals surface area contributed by atoms with Crippen LogP contribution in [0.4, 0.5) is 5.69 Å². The Balaban J connectivity index is 1.72. The fourth-order valence-electron chi connectivity index (χ4n) is 4.41. The summed E-state index contributed by atoms with van der Waals surface area (Å²) in [6, 6.07) is 10.8. The Morgan fingerprint density at radius 2 is 1.83 bits per heavy atom. The van der Waals surface area contributed by atoms with Gasteiger partial charge in [-0.2, -0.15) is 0 Å². The standard InChI is InChI=1S/C25H31NO3S/c1-6-25(4,5)18-9-12-23-20(14-18)21-15-22(17(3)13-24(21)29-23)26-30(27,28)19-10-7-16(2)8-11-19/h7-8,10-11,13,15,18,26H,6,9,12,14H2,1-5H3. The zero-order valence-corrected chi connectivity index (χ0v) is 19.3. The summed E-state index contributed by atoms with van der Waals surface area (Å²) in [5.41, 5.74) is 4.88. The van der Waals surface area contributed by atoms with E-state index in [1.165, 1.54) is 5.56 Å². The molecule has 0 saturated carbocycles. The van der Waals surface area contributed by atoms with Gasteiger partial charge in [0.25, 0.3) is 10.0 Å². The van der Waals surface area contributed by atoms with Gasteiger partial charge in [-0.3, -0.25) is 4.72 Å². The van der Waals surface area contributed by atoms with E-state index in [1.54, 1.807) is 12.1 Å². The first-order valence-electron chi connectivity index (χ1n) is 10.7. The predicted molar refractivity (Wildman–Crippen MR) is 123 cm³/mol. The van der Waals surface area contributed by atoms with Crippen molar-refractivity contribution in [3.63, 3.8) is 0 Å². The van der Waals surface area contributed by atoms with Crippen molar-refractivity contribution in [3.8, 4) is 0 Å². The van der Waals surface area contributed by atoms with Gasteiger partial charge in [-0.25, -0.2) is 8.42 Å². The van der Waals surface area contributed by atoms with Gasteiger partial charge in [-0.05, 0) is 67.9 Å². The van der Waals surface area contributed by atoms with E-state index in [-0.39, 0.29) is 10.3 Å². The number of hydrogen-bond donors (Lipinski definition) is 1. The lowest BCUT2D eigenvalue weighted by Crippen LogP contribution is -2.28. The molecule has 1 unspecified atom stereocenters. The molecular formula is C25H31NO3S. The number of aryl methyl sites for hydroxylation is 3. The Morgan fingerprint density at radius 1 is 1.13 bits per heavy atom. The largest absolute Gasteiger partial charge is 0.461 e. The fourth-order valence-corrected chi connectivity index (χ4v) is 5.53. The van der Waals surface area contributed by atoms with Gasteiger partial charge in [-0.15, -0.1) is 0 Å². The van der Waals surface area contributed by atoms with Crippen LogP contribution in [0.25, 0.3) is 11.0 Å². The molecule has 0 radical (unpaired) electrons. The van der Waals surface area contributed by atoms with Gasteiger partial charge >= 0.3 is 0 Å². The van der Waals surface area contributed by atoms with Gasteiger partial charge in [0.05, 0.1) is 10.6 Å². The van der Waals surface area contributed by atoms with Crippen molar-refractivity contribution >= 4 is 26.7 Å². The molecule has 2 aromatic carbocycles. The normalized spacial score (nSPS) is 17.2. The molecule has 1 N–H and O–H groups in total. The van der Waals surface area contributed by atoms with Crippen LogP contribution in [-0.2, 0) is 22.9 Å². The summed E-state index contributed by atoms with van der Waals surface area (Å²) >= 11 is 0. The topological polar surface area (TPSA) is 59.3 Å². The van der Waals surface area contributed by atoms with Gasteiger partial charge in [0, 0.05) is 17.4 Å². The van der Waals surface area contributed by atoms with E-state index in [0.717, 1.165) is 53.5 Å². The van der Waals surface area contributed by atoms with Gasteiger partial charge in [0.2, 0.25) is 0 Å². The van der Waals surface area contributed by atoms with E-state index in [4.69, 9.17) is 4.42 Å². The molecule has 5 heteroatoms. The summed E-state index contributed by atoms with van der Waals surface area (Å²) in [4.78, 5) is 0.270. The average molecular weight is 426 g/mol. The Hall–Kier alpha value is -2.27. The monoisotopic (exact) mass is 425 g/mol. The Labute approximate surface area is 179 Å². The molecular weight excluding hydrogens is 394 g/mol. The minimum absolute atomic E-state index is 0.270. The summed E-state index contributed by atoms with van der Waals surface area (Å²) in [7, 11) is -3.64. The van der Waals surface area contributed by atoms with Crippen LogP contribution < -0.4 is 4.72 Å². The van der Waals surface area contributed by atoms with E-state index < -0.39 is 10.0 Å². The number of sulfonamides is 1. The van der Waals surface area contributed by atoms with Crippen LogP contribution in [0, 0.1) is 25.2 Å². The molecule has 0 bridgehead atoms. The first-order chi connectivity index (χ1) is 14.1. The second-order valence-electron chi connectivity index (χ2n) is 9.37. The third-order valence-corrected chi connectivity index (χ3v) is 8.37. The lowest BCUT2D eigenvalue weighted by atomic mass is 9.69. The lowest BCUT2D eigenvalue weighted by Gasteiger charge is -2.36. The molecule has 4 rings (SSSR count). The molecule has 1 aromatic heterocycles. The van der Waals surface area contributed by atoms with Crippen LogP contribution in [0.3, 0.4) is 0 Å². The Morgan fingerprint density at radius 3 is 2.50 bits per heavy atom. The molecule has 1 aliphatic rings. The van der Waals surface area contributed by atoms with E-state index in [0.29, 0.717) is 11.6 Å². The first kappa shape index (κ1) is 21.0. The Kier molecular flexibility index (Phi) is 5.21. The smallest absolute Gasteiger partial charge is 0.261 e. The summed E-state index contributed by atoms with van der Waals surface area (Å²) < 4.78 is 34.8. The molecule has 0 amide bonds. The first-order valence-corrected chi connectivity index (χ1v) is 12.2. The molecule has 1 heterocycles. The number of benzene rings is 2. The number of rotatable bonds is 5. The molecule has 0 fully saturated rings. The minimum atomic E-state index is -3.64. The van der Waals surface area contributed by atoms with Crippen LogP contribution >= 0.6 is 0 Å². The third-order valence-electron chi connectivity index (χ3n) is 6.98. The lowest BCUT2D eigenvalue weighted by molar-refractivity contribution is 0.179. The summed E-state index contributed by atoms with van der Waals surface area (Å²) in [5.74, 6) is 1.66. The minimum Gasteiger partial charge on any atom is -0.461 e. The van der Waals surface area contributed by atoms with Gasteiger partial charge in [-0.1, -0.05) is 44.9 Å². The van der Waals surface area contributed by atoms with Crippen molar-refractivity contribution in [1.82, 2.24) is 0 Å². The SMILES string of the molecule is CCC(C)(C)C1CCc2oc3cc(C)c(NS(=O)(=O)c4ccc(C)cc4)cc3c2C1. The zero-order chi connectivity index (χ0) is 21.7. The third kappa shape index (κ3) is 3.76. The van der Waals surface area contributed by atoms with Crippen molar-refractivity contribution in [3.05, 3.63) is 58.8 Å². The van der Waals surface area contributed by atoms with Crippen LogP contribution in [0.1, 0.15) is 56.1 Å². The average Bonchev–Trinajstić information content (AvgIpc) is 3.05. The molecule has 3 aromatic rings. The van der Waals surface area contributed by atoms with E-state index in [2.05, 4.69) is 25.5 Å². The van der Waals surface area contributed by atoms with E-state index in [9.17, 15) is 8.42 Å². The number of anilines is 1. The van der Waals surface area contributed by atoms with E-state index >= 15 is 0 Å². The zero-order valence-electron chi connectivity index (χ0n) is 18.5. The molecule has 0 saturated heterocycles. The van der Waals surface area contributed by atoms with Gasteiger partial charge in [0.15, 0.2) is 0 Å². The van der Waals surface area contributed by atoms with Crippen molar-refractivity contribution in [1.29, 1.82) is 0 Å². The van der Waals surface area contributed by atoms with Crippen molar-refractivity contribution in [2.24, 2.45) is 11.3 Å². The van der Waals surface area contributed by atoms with Crippen LogP contribution in [0.2, 0.25) is 0 Å².